The summed E-state index contributed by atoms with van der Waals surface area (Å²) in [7, 11) is 0. The first-order valence-electron chi connectivity index (χ1n) is 15.2. The molecule has 1 heterocycles. The zero-order chi connectivity index (χ0) is 24.3. The van der Waals surface area contributed by atoms with Crippen molar-refractivity contribution < 1.29 is 0 Å². The van der Waals surface area contributed by atoms with Crippen molar-refractivity contribution in [3.63, 3.8) is 0 Å². The van der Waals surface area contributed by atoms with E-state index >= 15 is 0 Å². The molecule has 0 aliphatic heterocycles. The number of nitrogens with zero attached hydrogens (tertiary/aromatic N) is 2. The molecule has 0 unspecified atom stereocenters. The molecule has 0 radical (unpaired) electrons. The predicted molar refractivity (Wildman–Crippen MR) is 150 cm³/mol. The summed E-state index contributed by atoms with van der Waals surface area (Å²) in [6, 6.07) is 13.7. The van der Waals surface area contributed by atoms with Crippen LogP contribution in [-0.2, 0) is 0 Å². The molecule has 2 nitrogen and oxygen atoms in total. The highest BCUT2D eigenvalue weighted by Crippen LogP contribution is 2.39. The van der Waals surface area contributed by atoms with Gasteiger partial charge in [-0.25, -0.2) is 0 Å². The van der Waals surface area contributed by atoms with Crippen LogP contribution in [0.25, 0.3) is 11.3 Å². The van der Waals surface area contributed by atoms with Crippen molar-refractivity contribution in [2.75, 3.05) is 0 Å². The average molecular weight is 475 g/mol. The quantitative estimate of drug-likeness (QED) is 0.286. The molecule has 2 saturated carbocycles. The zero-order valence-corrected chi connectivity index (χ0v) is 22.7. The van der Waals surface area contributed by atoms with Gasteiger partial charge in [0, 0.05) is 11.5 Å². The van der Waals surface area contributed by atoms with Crippen molar-refractivity contribution in [2.24, 2.45) is 11.8 Å². The normalized spacial score (nSPS) is 25.0. The molecule has 2 heteroatoms. The van der Waals surface area contributed by atoms with Gasteiger partial charge in [0.25, 0.3) is 0 Å². The van der Waals surface area contributed by atoms with Crippen LogP contribution in [0.2, 0.25) is 0 Å². The maximum Gasteiger partial charge on any atom is 0.0929 e. The molecule has 0 N–H and O–H groups in total. The van der Waals surface area contributed by atoms with E-state index in [2.05, 4.69) is 60.4 Å². The van der Waals surface area contributed by atoms with Gasteiger partial charge in [0.2, 0.25) is 0 Å². The maximum absolute atomic E-state index is 4.67. The van der Waals surface area contributed by atoms with Crippen LogP contribution in [0.15, 0.2) is 36.4 Å². The molecule has 192 valence electrons. The van der Waals surface area contributed by atoms with E-state index in [9.17, 15) is 0 Å². The number of unbranched alkanes of at least 4 members (excludes halogenated alkanes) is 5. The third-order valence-corrected chi connectivity index (χ3v) is 9.14. The van der Waals surface area contributed by atoms with Gasteiger partial charge in [-0.15, -0.1) is 0 Å². The van der Waals surface area contributed by atoms with Crippen LogP contribution in [-0.4, -0.2) is 10.2 Å². The van der Waals surface area contributed by atoms with Crippen molar-refractivity contribution in [3.8, 4) is 11.3 Å². The molecule has 0 atom stereocenters. The van der Waals surface area contributed by atoms with Crippen LogP contribution in [0.1, 0.15) is 146 Å². The smallest absolute Gasteiger partial charge is 0.0929 e. The highest BCUT2D eigenvalue weighted by molar-refractivity contribution is 5.59. The molecule has 0 saturated heterocycles. The molecule has 2 aliphatic rings. The highest BCUT2D eigenvalue weighted by Gasteiger charge is 2.24. The highest BCUT2D eigenvalue weighted by atomic mass is 15.1. The summed E-state index contributed by atoms with van der Waals surface area (Å²) in [5.74, 6) is 3.29. The van der Waals surface area contributed by atoms with E-state index in [1.165, 1.54) is 126 Å². The Kier molecular flexibility index (Phi) is 10.7. The largest absolute Gasteiger partial charge is 0.155 e. The van der Waals surface area contributed by atoms with Crippen molar-refractivity contribution >= 4 is 0 Å². The second kappa shape index (κ2) is 14.1. The lowest BCUT2D eigenvalue weighted by Crippen LogP contribution is -2.14. The van der Waals surface area contributed by atoms with Crippen LogP contribution in [0.3, 0.4) is 0 Å². The van der Waals surface area contributed by atoms with Crippen LogP contribution in [0.4, 0.5) is 0 Å². The monoisotopic (exact) mass is 474 g/mol. The van der Waals surface area contributed by atoms with Gasteiger partial charge in [-0.2, -0.15) is 10.2 Å². The van der Waals surface area contributed by atoms with E-state index in [0.717, 1.165) is 23.4 Å². The van der Waals surface area contributed by atoms with Gasteiger partial charge in [-0.05, 0) is 86.8 Å². The Balaban J connectivity index is 1.21. The first-order valence-corrected chi connectivity index (χ1v) is 15.2. The molecule has 0 spiro atoms. The SMILES string of the molecule is CCCCCCCCC1CCC(c2ccc(-c3ccc(C4CCC(CCC)CC4)nn3)cc2)CC1. The fourth-order valence-electron chi connectivity index (χ4n) is 6.79. The number of hydrogen-bond donors (Lipinski definition) is 0. The Labute approximate surface area is 215 Å². The van der Waals surface area contributed by atoms with Gasteiger partial charge in [-0.3, -0.25) is 0 Å². The van der Waals surface area contributed by atoms with Gasteiger partial charge in [-0.1, -0.05) is 95.9 Å². The molecule has 1 aromatic heterocycles. The fourth-order valence-corrected chi connectivity index (χ4v) is 6.79. The fraction of sp³-hybridized carbons (Fsp3) is 0.697. The van der Waals surface area contributed by atoms with Gasteiger partial charge in [0.1, 0.15) is 0 Å². The van der Waals surface area contributed by atoms with Gasteiger partial charge in [0.15, 0.2) is 0 Å². The minimum atomic E-state index is 0.614. The minimum absolute atomic E-state index is 0.614. The molecule has 1 aromatic carbocycles. The van der Waals surface area contributed by atoms with E-state index in [1.807, 2.05) is 0 Å². The van der Waals surface area contributed by atoms with Crippen LogP contribution >= 0.6 is 0 Å². The van der Waals surface area contributed by atoms with Crippen molar-refractivity contribution in [3.05, 3.63) is 47.7 Å². The Hall–Kier alpha value is -1.70. The van der Waals surface area contributed by atoms with E-state index in [4.69, 9.17) is 0 Å². The second-order valence-electron chi connectivity index (χ2n) is 11.7. The predicted octanol–water partition coefficient (Wildman–Crippen LogP) is 10.2. The van der Waals surface area contributed by atoms with E-state index in [-0.39, 0.29) is 0 Å². The number of benzene rings is 1. The molecule has 2 fully saturated rings. The lowest BCUT2D eigenvalue weighted by atomic mass is 9.77. The Morgan fingerprint density at radius 2 is 1.20 bits per heavy atom. The van der Waals surface area contributed by atoms with Gasteiger partial charge in [0.05, 0.1) is 11.4 Å². The standard InChI is InChI=1S/C33H50N2/c1-3-5-6-7-8-9-11-27-12-16-28(17-13-27)29-20-22-31(23-21-29)33-25-24-32(34-35-33)30-18-14-26(10-4-2)15-19-30/h20-28,30H,3-19H2,1-2H3. The summed E-state index contributed by atoms with van der Waals surface area (Å²) in [4.78, 5) is 0. The molecule has 0 bridgehead atoms. The van der Waals surface area contributed by atoms with Gasteiger partial charge >= 0.3 is 0 Å². The lowest BCUT2D eigenvalue weighted by Gasteiger charge is -2.29. The van der Waals surface area contributed by atoms with Crippen molar-refractivity contribution in [1.82, 2.24) is 10.2 Å². The Bertz CT molecular complexity index is 824. The third-order valence-electron chi connectivity index (χ3n) is 9.14. The van der Waals surface area contributed by atoms with E-state index < -0.39 is 0 Å². The number of hydrogen-bond acceptors (Lipinski definition) is 2. The number of rotatable bonds is 12. The molecule has 0 amide bonds. The molecular formula is C33H50N2. The molecule has 4 rings (SSSR count). The van der Waals surface area contributed by atoms with Crippen molar-refractivity contribution in [1.29, 1.82) is 0 Å². The summed E-state index contributed by atoms with van der Waals surface area (Å²) in [5.41, 5.74) is 4.96. The first kappa shape index (κ1) is 26.4. The Morgan fingerprint density at radius 3 is 1.83 bits per heavy atom. The van der Waals surface area contributed by atoms with Crippen LogP contribution in [0.5, 0.6) is 0 Å². The summed E-state index contributed by atoms with van der Waals surface area (Å²) >= 11 is 0. The topological polar surface area (TPSA) is 25.8 Å². The van der Waals surface area contributed by atoms with E-state index in [0.29, 0.717) is 5.92 Å². The lowest BCUT2D eigenvalue weighted by molar-refractivity contribution is 0.302. The average Bonchev–Trinajstić information content (AvgIpc) is 2.92. The summed E-state index contributed by atoms with van der Waals surface area (Å²) in [6.45, 7) is 4.61. The molecule has 35 heavy (non-hydrogen) atoms. The van der Waals surface area contributed by atoms with Crippen LogP contribution < -0.4 is 0 Å². The van der Waals surface area contributed by atoms with Crippen molar-refractivity contribution in [2.45, 2.75) is 135 Å². The molecule has 2 aliphatic carbocycles. The number of aromatic nitrogens is 2. The summed E-state index contributed by atoms with van der Waals surface area (Å²) in [6.07, 6.45) is 23.6. The molecular weight excluding hydrogens is 424 g/mol. The van der Waals surface area contributed by atoms with Crippen LogP contribution in [0, 0.1) is 11.8 Å². The first-order chi connectivity index (χ1) is 17.3. The molecule has 2 aromatic rings. The summed E-state index contributed by atoms with van der Waals surface area (Å²) < 4.78 is 0. The maximum atomic E-state index is 4.67. The second-order valence-corrected chi connectivity index (χ2v) is 11.7. The summed E-state index contributed by atoms with van der Waals surface area (Å²) in [5, 5.41) is 9.30. The minimum Gasteiger partial charge on any atom is -0.155 e. The zero-order valence-electron chi connectivity index (χ0n) is 22.7. The van der Waals surface area contributed by atoms with Gasteiger partial charge < -0.3 is 0 Å². The van der Waals surface area contributed by atoms with E-state index in [1.54, 1.807) is 0 Å². The Morgan fingerprint density at radius 1 is 0.571 bits per heavy atom. The third kappa shape index (κ3) is 7.89.